The van der Waals surface area contributed by atoms with Crippen LogP contribution in [0.2, 0.25) is 0 Å². The lowest BCUT2D eigenvalue weighted by atomic mass is 9.92. The van der Waals surface area contributed by atoms with Gasteiger partial charge in [-0.15, -0.1) is 0 Å². The van der Waals surface area contributed by atoms with Gasteiger partial charge in [0.05, 0.1) is 23.6 Å². The number of nitrogens with zero attached hydrogens (tertiary/aromatic N) is 2. The fourth-order valence-corrected chi connectivity index (χ4v) is 3.93. The molecule has 1 amide bonds. The van der Waals surface area contributed by atoms with Gasteiger partial charge in [0.25, 0.3) is 17.4 Å². The van der Waals surface area contributed by atoms with Crippen LogP contribution in [0.4, 0.5) is 11.4 Å². The Balaban J connectivity index is 1.91. The second-order valence-electron chi connectivity index (χ2n) is 7.53. The molecule has 0 radical (unpaired) electrons. The number of methoxy groups -OCH3 is 1. The van der Waals surface area contributed by atoms with Gasteiger partial charge in [-0.1, -0.05) is 24.3 Å². The summed E-state index contributed by atoms with van der Waals surface area (Å²) in [7, 11) is 1.53. The molecule has 1 aliphatic rings. The van der Waals surface area contributed by atoms with E-state index in [0.717, 1.165) is 5.56 Å². The van der Waals surface area contributed by atoms with Crippen molar-refractivity contribution in [2.24, 2.45) is 0 Å². The lowest BCUT2D eigenvalue weighted by Crippen LogP contribution is -2.29. The fraction of sp³-hybridized carbons (Fsp3) is 0.120. The first-order chi connectivity index (χ1) is 15.8. The largest absolute Gasteiger partial charge is 0.507 e. The molecule has 0 spiro atoms. The number of aryl methyl sites for hydroxylation is 1. The topological polar surface area (TPSA) is 110 Å². The molecule has 0 bridgehead atoms. The van der Waals surface area contributed by atoms with Crippen molar-refractivity contribution in [1.82, 2.24) is 0 Å². The molecule has 1 fully saturated rings. The van der Waals surface area contributed by atoms with Gasteiger partial charge >= 0.3 is 0 Å². The van der Waals surface area contributed by atoms with Crippen molar-refractivity contribution in [1.29, 1.82) is 0 Å². The smallest absolute Gasteiger partial charge is 0.300 e. The third-order valence-corrected chi connectivity index (χ3v) is 5.63. The van der Waals surface area contributed by atoms with Gasteiger partial charge < -0.3 is 9.84 Å². The van der Waals surface area contributed by atoms with Gasteiger partial charge in [0, 0.05) is 23.4 Å². The number of aliphatic hydroxyl groups is 1. The third-order valence-electron chi connectivity index (χ3n) is 5.63. The van der Waals surface area contributed by atoms with E-state index in [4.69, 9.17) is 4.74 Å². The molecular formula is C25H20N2O6. The fourth-order valence-electron chi connectivity index (χ4n) is 3.93. The third kappa shape index (κ3) is 3.82. The summed E-state index contributed by atoms with van der Waals surface area (Å²) in [6.45, 7) is 1.86. The Morgan fingerprint density at radius 1 is 1.00 bits per heavy atom. The number of hydrogen-bond acceptors (Lipinski definition) is 6. The SMILES string of the molecule is COc1ccc(N2C(=O)C(=O)/C(=C(/O)c3ccc([N+](=O)[O-])cc3)C2c2ccccc2C)cc1. The second kappa shape index (κ2) is 8.58. The summed E-state index contributed by atoms with van der Waals surface area (Å²) in [5.41, 5.74) is 1.94. The Morgan fingerprint density at radius 2 is 1.64 bits per heavy atom. The van der Waals surface area contributed by atoms with Crippen LogP contribution in [-0.4, -0.2) is 28.8 Å². The number of ether oxygens (including phenoxy) is 1. The maximum Gasteiger partial charge on any atom is 0.300 e. The Morgan fingerprint density at radius 3 is 2.21 bits per heavy atom. The maximum absolute atomic E-state index is 13.2. The van der Waals surface area contributed by atoms with Crippen molar-refractivity contribution in [2.45, 2.75) is 13.0 Å². The number of non-ortho nitro benzene ring substituents is 1. The number of aliphatic hydroxyl groups excluding tert-OH is 1. The van der Waals surface area contributed by atoms with Crippen molar-refractivity contribution in [2.75, 3.05) is 12.0 Å². The Kier molecular flexibility index (Phi) is 5.66. The van der Waals surface area contributed by atoms with E-state index in [0.29, 0.717) is 17.0 Å². The normalized spacial score (nSPS) is 17.3. The molecular weight excluding hydrogens is 424 g/mol. The summed E-state index contributed by atoms with van der Waals surface area (Å²) in [6.07, 6.45) is 0. The van der Waals surface area contributed by atoms with Crippen LogP contribution in [-0.2, 0) is 9.59 Å². The molecule has 166 valence electrons. The number of nitro benzene ring substituents is 1. The zero-order chi connectivity index (χ0) is 23.7. The average Bonchev–Trinajstić information content (AvgIpc) is 3.09. The van der Waals surface area contributed by atoms with E-state index < -0.39 is 28.4 Å². The molecule has 1 heterocycles. The van der Waals surface area contributed by atoms with Crippen LogP contribution in [0, 0.1) is 17.0 Å². The van der Waals surface area contributed by atoms with Crippen LogP contribution in [0.3, 0.4) is 0 Å². The summed E-state index contributed by atoms with van der Waals surface area (Å²) < 4.78 is 5.19. The van der Waals surface area contributed by atoms with Gasteiger partial charge in [0.15, 0.2) is 0 Å². The molecule has 1 atom stereocenters. The van der Waals surface area contributed by atoms with Crippen molar-refractivity contribution >= 4 is 28.8 Å². The Labute approximate surface area is 189 Å². The number of nitro groups is 1. The van der Waals surface area contributed by atoms with Gasteiger partial charge in [-0.05, 0) is 54.4 Å². The van der Waals surface area contributed by atoms with Crippen LogP contribution in [0.15, 0.2) is 78.4 Å². The van der Waals surface area contributed by atoms with E-state index in [1.54, 1.807) is 36.4 Å². The van der Waals surface area contributed by atoms with E-state index in [1.807, 2.05) is 19.1 Å². The van der Waals surface area contributed by atoms with E-state index in [9.17, 15) is 24.8 Å². The zero-order valence-corrected chi connectivity index (χ0v) is 17.9. The number of anilines is 1. The van der Waals surface area contributed by atoms with E-state index >= 15 is 0 Å². The highest BCUT2D eigenvalue weighted by atomic mass is 16.6. The van der Waals surface area contributed by atoms with Gasteiger partial charge in [-0.25, -0.2) is 0 Å². The minimum atomic E-state index is -0.880. The molecule has 0 aromatic heterocycles. The van der Waals surface area contributed by atoms with Gasteiger partial charge in [0.2, 0.25) is 0 Å². The molecule has 1 unspecified atom stereocenters. The monoisotopic (exact) mass is 444 g/mol. The highest BCUT2D eigenvalue weighted by Gasteiger charge is 2.47. The quantitative estimate of drug-likeness (QED) is 0.203. The number of rotatable bonds is 5. The molecule has 8 heteroatoms. The van der Waals surface area contributed by atoms with Crippen molar-refractivity contribution in [3.05, 3.63) is 105 Å². The van der Waals surface area contributed by atoms with Crippen molar-refractivity contribution < 1.29 is 24.4 Å². The molecule has 1 saturated heterocycles. The summed E-state index contributed by atoms with van der Waals surface area (Å²) >= 11 is 0. The minimum Gasteiger partial charge on any atom is -0.507 e. The Hall–Kier alpha value is -4.46. The molecule has 3 aromatic carbocycles. The zero-order valence-electron chi connectivity index (χ0n) is 17.9. The lowest BCUT2D eigenvalue weighted by molar-refractivity contribution is -0.384. The number of ketones is 1. The van der Waals surface area contributed by atoms with E-state index in [-0.39, 0.29) is 16.8 Å². The van der Waals surface area contributed by atoms with Gasteiger partial charge in [-0.3, -0.25) is 24.6 Å². The molecule has 4 rings (SSSR count). The summed E-state index contributed by atoms with van der Waals surface area (Å²) in [5, 5.41) is 22.1. The molecule has 0 saturated carbocycles. The number of carbonyl (C=O) groups is 2. The predicted molar refractivity (Wildman–Crippen MR) is 122 cm³/mol. The van der Waals surface area contributed by atoms with Crippen LogP contribution in [0.5, 0.6) is 5.75 Å². The van der Waals surface area contributed by atoms with Crippen molar-refractivity contribution in [3.63, 3.8) is 0 Å². The number of Topliss-reactive ketones (excluding diaryl/α,β-unsaturated/α-hetero) is 1. The van der Waals surface area contributed by atoms with Crippen LogP contribution in [0.1, 0.15) is 22.7 Å². The van der Waals surface area contributed by atoms with Gasteiger partial charge in [0.1, 0.15) is 11.5 Å². The van der Waals surface area contributed by atoms with Crippen molar-refractivity contribution in [3.8, 4) is 5.75 Å². The molecule has 1 N–H and O–H groups in total. The van der Waals surface area contributed by atoms with E-state index in [2.05, 4.69) is 0 Å². The lowest BCUT2D eigenvalue weighted by Gasteiger charge is -2.26. The number of carbonyl (C=O) groups excluding carboxylic acids is 2. The molecule has 8 nitrogen and oxygen atoms in total. The second-order valence-corrected chi connectivity index (χ2v) is 7.53. The average molecular weight is 444 g/mol. The summed E-state index contributed by atoms with van der Waals surface area (Å²) in [5.74, 6) is -1.42. The molecule has 0 aliphatic carbocycles. The predicted octanol–water partition coefficient (Wildman–Crippen LogP) is 4.54. The van der Waals surface area contributed by atoms with Crippen LogP contribution < -0.4 is 9.64 Å². The number of amides is 1. The number of benzene rings is 3. The van der Waals surface area contributed by atoms with Crippen LogP contribution >= 0.6 is 0 Å². The van der Waals surface area contributed by atoms with Gasteiger partial charge in [-0.2, -0.15) is 0 Å². The molecule has 1 aliphatic heterocycles. The maximum atomic E-state index is 13.2. The first-order valence-corrected chi connectivity index (χ1v) is 10.1. The first kappa shape index (κ1) is 21.8. The number of hydrogen-bond donors (Lipinski definition) is 1. The Bertz CT molecular complexity index is 1280. The molecule has 3 aromatic rings. The minimum absolute atomic E-state index is 0.0843. The summed E-state index contributed by atoms with van der Waals surface area (Å²) in [6, 6.07) is 18.3. The highest BCUT2D eigenvalue weighted by Crippen LogP contribution is 2.43. The summed E-state index contributed by atoms with van der Waals surface area (Å²) in [4.78, 5) is 38.1. The van der Waals surface area contributed by atoms with Crippen LogP contribution in [0.25, 0.3) is 5.76 Å². The highest BCUT2D eigenvalue weighted by molar-refractivity contribution is 6.51. The molecule has 33 heavy (non-hydrogen) atoms. The standard InChI is InChI=1S/C25H20N2O6/c1-15-5-3-4-6-20(15)22-21(23(28)16-7-9-18(10-8-16)27(31)32)24(29)25(30)26(22)17-11-13-19(33-2)14-12-17/h3-14,22,28H,1-2H3/b23-21+. The van der Waals surface area contributed by atoms with E-state index in [1.165, 1.54) is 36.3 Å². The first-order valence-electron chi connectivity index (χ1n) is 10.1.